The molecule has 3 N–H and O–H groups in total. The molecule has 0 amide bonds. The summed E-state index contributed by atoms with van der Waals surface area (Å²) >= 11 is 0. The van der Waals surface area contributed by atoms with E-state index in [9.17, 15) is 0 Å². The molecule has 136 valence electrons. The number of pyridine rings is 2. The van der Waals surface area contributed by atoms with Crippen LogP contribution in [0.1, 0.15) is 31.7 Å². The van der Waals surface area contributed by atoms with E-state index in [-0.39, 0.29) is 5.41 Å². The van der Waals surface area contributed by atoms with E-state index in [1.165, 1.54) is 0 Å². The quantitative estimate of drug-likeness (QED) is 0.657. The molecule has 0 aliphatic carbocycles. The number of hydrogen-bond acceptors (Lipinski definition) is 5. The molecule has 25 heavy (non-hydrogen) atoms. The Morgan fingerprint density at radius 2 is 1.72 bits per heavy atom. The number of nitrogens with two attached hydrogens (primary N) is 1. The third-order valence-corrected chi connectivity index (χ3v) is 4.08. The Morgan fingerprint density at radius 1 is 1.04 bits per heavy atom. The van der Waals surface area contributed by atoms with E-state index >= 15 is 0 Å². The zero-order valence-electron chi connectivity index (χ0n) is 15.5. The van der Waals surface area contributed by atoms with E-state index in [1.807, 2.05) is 36.7 Å². The maximum atomic E-state index is 5.72. The Hall–Kier alpha value is -1.82. The van der Waals surface area contributed by atoms with Gasteiger partial charge in [0.2, 0.25) is 0 Å². The smallest absolute Gasteiger partial charge is 0.0543 e. The van der Waals surface area contributed by atoms with Crippen LogP contribution in [-0.4, -0.2) is 41.0 Å². The van der Waals surface area contributed by atoms with Gasteiger partial charge >= 0.3 is 0 Å². The molecule has 0 spiro atoms. The lowest BCUT2D eigenvalue weighted by Gasteiger charge is -2.33. The van der Waals surface area contributed by atoms with Gasteiger partial charge in [-0.25, -0.2) is 0 Å². The van der Waals surface area contributed by atoms with Crippen LogP contribution >= 0.6 is 0 Å². The molecule has 0 atom stereocenters. The zero-order valence-corrected chi connectivity index (χ0v) is 15.5. The van der Waals surface area contributed by atoms with Gasteiger partial charge in [0.05, 0.1) is 11.4 Å². The van der Waals surface area contributed by atoms with Gasteiger partial charge in [-0.15, -0.1) is 0 Å². The first-order valence-corrected chi connectivity index (χ1v) is 9.02. The lowest BCUT2D eigenvalue weighted by molar-refractivity contribution is 0.164. The van der Waals surface area contributed by atoms with Gasteiger partial charge in [0.1, 0.15) is 0 Å². The summed E-state index contributed by atoms with van der Waals surface area (Å²) in [5.41, 5.74) is 8.05. The highest BCUT2D eigenvalue weighted by Crippen LogP contribution is 2.18. The van der Waals surface area contributed by atoms with Crippen LogP contribution in [-0.2, 0) is 13.1 Å². The molecule has 0 aliphatic rings. The van der Waals surface area contributed by atoms with E-state index in [2.05, 4.69) is 46.2 Å². The van der Waals surface area contributed by atoms with Crippen molar-refractivity contribution in [1.29, 1.82) is 0 Å². The Kier molecular flexibility index (Phi) is 7.98. The zero-order chi connectivity index (χ0) is 18.0. The first-order chi connectivity index (χ1) is 12.1. The molecule has 0 saturated heterocycles. The van der Waals surface area contributed by atoms with E-state index in [0.717, 1.165) is 57.1 Å². The Balaban J connectivity index is 1.86. The molecule has 0 saturated carbocycles. The Bertz CT molecular complexity index is 586. The highest BCUT2D eigenvalue weighted by Gasteiger charge is 2.22. The van der Waals surface area contributed by atoms with E-state index in [0.29, 0.717) is 0 Å². The van der Waals surface area contributed by atoms with Gasteiger partial charge in [0.25, 0.3) is 0 Å². The number of aromatic nitrogens is 2. The fourth-order valence-corrected chi connectivity index (χ4v) is 2.94. The van der Waals surface area contributed by atoms with Crippen LogP contribution in [0.4, 0.5) is 0 Å². The fraction of sp³-hybridized carbons (Fsp3) is 0.500. The highest BCUT2D eigenvalue weighted by atomic mass is 15.1. The number of rotatable bonds is 11. The SMILES string of the molecule is CC(C)(CNCc1ccccn1)CN(CCCN)Cc1ccccn1. The summed E-state index contributed by atoms with van der Waals surface area (Å²) in [6, 6.07) is 12.1. The topological polar surface area (TPSA) is 67.1 Å². The van der Waals surface area contributed by atoms with E-state index in [1.54, 1.807) is 0 Å². The molecule has 2 aromatic heterocycles. The summed E-state index contributed by atoms with van der Waals surface area (Å²) in [6.07, 6.45) is 4.70. The first-order valence-electron chi connectivity index (χ1n) is 9.02. The van der Waals surface area contributed by atoms with Gasteiger partial charge in [-0.2, -0.15) is 0 Å². The van der Waals surface area contributed by atoms with Gasteiger partial charge in [0.15, 0.2) is 0 Å². The molecular formula is C20H31N5. The van der Waals surface area contributed by atoms with Crippen LogP contribution in [0.2, 0.25) is 0 Å². The minimum absolute atomic E-state index is 0.151. The van der Waals surface area contributed by atoms with Gasteiger partial charge < -0.3 is 11.1 Å². The van der Waals surface area contributed by atoms with Crippen molar-refractivity contribution in [1.82, 2.24) is 20.2 Å². The van der Waals surface area contributed by atoms with Gasteiger partial charge in [-0.1, -0.05) is 26.0 Å². The molecule has 0 aliphatic heterocycles. The fourth-order valence-electron chi connectivity index (χ4n) is 2.94. The summed E-state index contributed by atoms with van der Waals surface area (Å²) in [5.74, 6) is 0. The van der Waals surface area contributed by atoms with Crippen LogP contribution in [0.3, 0.4) is 0 Å². The molecule has 5 nitrogen and oxygen atoms in total. The monoisotopic (exact) mass is 341 g/mol. The Morgan fingerprint density at radius 3 is 2.32 bits per heavy atom. The second-order valence-corrected chi connectivity index (χ2v) is 7.26. The molecule has 5 heteroatoms. The van der Waals surface area contributed by atoms with Gasteiger partial charge in [-0.05, 0) is 49.2 Å². The largest absolute Gasteiger partial charge is 0.330 e. The van der Waals surface area contributed by atoms with Crippen molar-refractivity contribution in [3.8, 4) is 0 Å². The molecule has 2 aromatic rings. The lowest BCUT2D eigenvalue weighted by Crippen LogP contribution is -2.41. The summed E-state index contributed by atoms with van der Waals surface area (Å²) in [4.78, 5) is 11.3. The molecule has 0 bridgehead atoms. The summed E-state index contributed by atoms with van der Waals surface area (Å²) in [6.45, 7) is 9.91. The third-order valence-electron chi connectivity index (χ3n) is 4.08. The van der Waals surface area contributed by atoms with E-state index in [4.69, 9.17) is 5.73 Å². The average molecular weight is 342 g/mol. The van der Waals surface area contributed by atoms with Crippen molar-refractivity contribution in [2.24, 2.45) is 11.1 Å². The standard InChI is InChI=1S/C20H31N5/c1-20(2,16-22-14-18-8-3-5-11-23-18)17-25(13-7-10-21)15-19-9-4-6-12-24-19/h3-6,8-9,11-12,22H,7,10,13-17,21H2,1-2H3. The lowest BCUT2D eigenvalue weighted by atomic mass is 9.92. The van der Waals surface area contributed by atoms with Crippen molar-refractivity contribution >= 4 is 0 Å². The van der Waals surface area contributed by atoms with Crippen LogP contribution in [0.15, 0.2) is 48.8 Å². The Labute approximate surface area is 151 Å². The minimum atomic E-state index is 0.151. The van der Waals surface area contributed by atoms with Crippen molar-refractivity contribution in [3.05, 3.63) is 60.2 Å². The van der Waals surface area contributed by atoms with E-state index < -0.39 is 0 Å². The van der Waals surface area contributed by atoms with Crippen molar-refractivity contribution in [2.45, 2.75) is 33.4 Å². The van der Waals surface area contributed by atoms with Gasteiger partial charge in [0, 0.05) is 38.6 Å². The molecular weight excluding hydrogens is 310 g/mol. The molecule has 0 fully saturated rings. The number of nitrogens with zero attached hydrogens (tertiary/aromatic N) is 3. The second kappa shape index (κ2) is 10.2. The highest BCUT2D eigenvalue weighted by molar-refractivity contribution is 5.04. The minimum Gasteiger partial charge on any atom is -0.330 e. The van der Waals surface area contributed by atoms with Crippen LogP contribution < -0.4 is 11.1 Å². The first kappa shape index (κ1) is 19.5. The van der Waals surface area contributed by atoms with Crippen LogP contribution in [0.5, 0.6) is 0 Å². The van der Waals surface area contributed by atoms with Crippen LogP contribution in [0, 0.1) is 5.41 Å². The maximum absolute atomic E-state index is 5.72. The molecule has 0 radical (unpaired) electrons. The summed E-state index contributed by atoms with van der Waals surface area (Å²) in [5, 5.41) is 3.54. The summed E-state index contributed by atoms with van der Waals surface area (Å²) < 4.78 is 0. The predicted molar refractivity (Wildman–Crippen MR) is 103 cm³/mol. The molecule has 2 rings (SSSR count). The third kappa shape index (κ3) is 7.73. The van der Waals surface area contributed by atoms with Gasteiger partial charge in [-0.3, -0.25) is 14.9 Å². The molecule has 2 heterocycles. The predicted octanol–water partition coefficient (Wildman–Crippen LogP) is 2.44. The second-order valence-electron chi connectivity index (χ2n) is 7.26. The van der Waals surface area contributed by atoms with Crippen LogP contribution in [0.25, 0.3) is 0 Å². The van der Waals surface area contributed by atoms with Crippen molar-refractivity contribution in [3.63, 3.8) is 0 Å². The summed E-state index contributed by atoms with van der Waals surface area (Å²) in [7, 11) is 0. The number of nitrogens with one attached hydrogen (secondary N) is 1. The number of hydrogen-bond donors (Lipinski definition) is 2. The normalized spacial score (nSPS) is 11.8. The average Bonchev–Trinajstić information content (AvgIpc) is 2.61. The van der Waals surface area contributed by atoms with Crippen molar-refractivity contribution in [2.75, 3.05) is 26.2 Å². The van der Waals surface area contributed by atoms with Crippen molar-refractivity contribution < 1.29 is 0 Å². The molecule has 0 unspecified atom stereocenters. The molecule has 0 aromatic carbocycles. The maximum Gasteiger partial charge on any atom is 0.0543 e.